The van der Waals surface area contributed by atoms with Gasteiger partial charge in [0.15, 0.2) is 0 Å². The second-order valence-electron chi connectivity index (χ2n) is 5.96. The summed E-state index contributed by atoms with van der Waals surface area (Å²) < 4.78 is 0. The van der Waals surface area contributed by atoms with E-state index in [1.54, 1.807) is 12.4 Å². The Hall–Kier alpha value is -1.69. The van der Waals surface area contributed by atoms with E-state index in [0.29, 0.717) is 18.8 Å². The van der Waals surface area contributed by atoms with Crippen molar-refractivity contribution in [3.05, 3.63) is 18.2 Å². The highest BCUT2D eigenvalue weighted by Crippen LogP contribution is 2.33. The number of rotatable bonds is 8. The number of carboxylic acids is 1. The van der Waals surface area contributed by atoms with Gasteiger partial charge in [-0.3, -0.25) is 9.79 Å². The highest BCUT2D eigenvalue weighted by atomic mass is 16.4. The summed E-state index contributed by atoms with van der Waals surface area (Å²) in [6.07, 6.45) is 11.5. The van der Waals surface area contributed by atoms with Crippen LogP contribution in [0, 0.1) is 5.92 Å². The molecule has 0 aliphatic heterocycles. The third-order valence-corrected chi connectivity index (χ3v) is 4.26. The monoisotopic (exact) mass is 307 g/mol. The van der Waals surface area contributed by atoms with Crippen molar-refractivity contribution in [3.8, 4) is 0 Å². The summed E-state index contributed by atoms with van der Waals surface area (Å²) in [6, 6.07) is 0. The third kappa shape index (κ3) is 5.26. The summed E-state index contributed by atoms with van der Waals surface area (Å²) in [5.74, 6) is 0.666. The fourth-order valence-corrected chi connectivity index (χ4v) is 3.07. The van der Waals surface area contributed by atoms with Gasteiger partial charge in [0.2, 0.25) is 0 Å². The second kappa shape index (κ2) is 8.68. The number of hydrogen-bond acceptors (Lipinski definition) is 4. The van der Waals surface area contributed by atoms with Crippen LogP contribution in [0.5, 0.6) is 0 Å². The predicted octanol–water partition coefficient (Wildman–Crippen LogP) is 2.72. The molecule has 0 amide bonds. The van der Waals surface area contributed by atoms with Gasteiger partial charge in [0.25, 0.3) is 0 Å². The molecule has 1 aliphatic carbocycles. The molecule has 1 heterocycles. The summed E-state index contributed by atoms with van der Waals surface area (Å²) >= 11 is 0. The van der Waals surface area contributed by atoms with Crippen molar-refractivity contribution >= 4 is 12.2 Å². The van der Waals surface area contributed by atoms with Crippen molar-refractivity contribution in [2.24, 2.45) is 10.9 Å². The van der Waals surface area contributed by atoms with Crippen LogP contribution in [0.25, 0.3) is 0 Å². The van der Waals surface area contributed by atoms with Crippen LogP contribution in [0.1, 0.15) is 63.1 Å². The van der Waals surface area contributed by atoms with Gasteiger partial charge in [-0.15, -0.1) is 0 Å². The maximum absolute atomic E-state index is 10.5. The molecule has 22 heavy (non-hydrogen) atoms. The first-order valence-electron chi connectivity index (χ1n) is 8.09. The van der Waals surface area contributed by atoms with Crippen LogP contribution in [-0.2, 0) is 4.79 Å². The Balaban J connectivity index is 1.93. The van der Waals surface area contributed by atoms with Crippen molar-refractivity contribution in [2.45, 2.75) is 63.5 Å². The minimum Gasteiger partial charge on any atom is -0.481 e. The number of carbonyl (C=O) groups is 1. The molecule has 0 saturated heterocycles. The van der Waals surface area contributed by atoms with Gasteiger partial charge in [0, 0.05) is 25.0 Å². The van der Waals surface area contributed by atoms with E-state index in [2.05, 4.69) is 15.0 Å². The van der Waals surface area contributed by atoms with Crippen LogP contribution < -0.4 is 0 Å². The van der Waals surface area contributed by atoms with Gasteiger partial charge >= 0.3 is 5.97 Å². The number of imidazole rings is 1. The average Bonchev–Trinajstić information content (AvgIpc) is 3.02. The van der Waals surface area contributed by atoms with Crippen LogP contribution >= 0.6 is 0 Å². The smallest absolute Gasteiger partial charge is 0.303 e. The lowest BCUT2D eigenvalue weighted by molar-refractivity contribution is -0.137. The lowest BCUT2D eigenvalue weighted by Gasteiger charge is -2.26. The van der Waals surface area contributed by atoms with E-state index in [-0.39, 0.29) is 12.3 Å². The number of H-pyrrole nitrogens is 1. The summed E-state index contributed by atoms with van der Waals surface area (Å²) in [4.78, 5) is 22.2. The zero-order valence-corrected chi connectivity index (χ0v) is 12.8. The summed E-state index contributed by atoms with van der Waals surface area (Å²) in [6.45, 7) is 0. The van der Waals surface area contributed by atoms with E-state index in [0.717, 1.165) is 18.7 Å². The molecule has 6 nitrogen and oxygen atoms in total. The molecule has 6 heteroatoms. The number of aliphatic hydroxyl groups excluding tert-OH is 1. The summed E-state index contributed by atoms with van der Waals surface area (Å²) in [7, 11) is 0. The predicted molar refractivity (Wildman–Crippen MR) is 83.9 cm³/mol. The Labute approximate surface area is 130 Å². The number of nitrogens with one attached hydrogen (secondary N) is 1. The van der Waals surface area contributed by atoms with E-state index < -0.39 is 12.2 Å². The molecule has 1 fully saturated rings. The van der Waals surface area contributed by atoms with Crippen molar-refractivity contribution < 1.29 is 15.0 Å². The van der Waals surface area contributed by atoms with Crippen molar-refractivity contribution in [3.63, 3.8) is 0 Å². The minimum absolute atomic E-state index is 0.0663. The van der Waals surface area contributed by atoms with Crippen LogP contribution in [-0.4, -0.2) is 38.6 Å². The van der Waals surface area contributed by atoms with Gasteiger partial charge in [-0.25, -0.2) is 4.98 Å². The van der Waals surface area contributed by atoms with Crippen LogP contribution in [0.3, 0.4) is 0 Å². The zero-order valence-electron chi connectivity index (χ0n) is 12.8. The second-order valence-corrected chi connectivity index (χ2v) is 5.96. The topological polar surface area (TPSA) is 98.6 Å². The Bertz CT molecular complexity index is 467. The van der Waals surface area contributed by atoms with Crippen molar-refractivity contribution in [2.75, 3.05) is 0 Å². The fraction of sp³-hybridized carbons (Fsp3) is 0.688. The fourth-order valence-electron chi connectivity index (χ4n) is 3.07. The van der Waals surface area contributed by atoms with Gasteiger partial charge in [-0.05, 0) is 31.6 Å². The van der Waals surface area contributed by atoms with Gasteiger partial charge in [0.1, 0.15) is 12.1 Å². The molecule has 0 aromatic carbocycles. The SMILES string of the molecule is O=C(O)CCCC(O)/N=C\C(c1ncc[nH]1)C1CCCCC1. The van der Waals surface area contributed by atoms with E-state index in [4.69, 9.17) is 5.11 Å². The number of aliphatic hydroxyl groups is 1. The molecule has 0 spiro atoms. The molecule has 1 aromatic rings. The van der Waals surface area contributed by atoms with E-state index in [9.17, 15) is 9.90 Å². The Morgan fingerprint density at radius 2 is 2.23 bits per heavy atom. The Morgan fingerprint density at radius 3 is 2.86 bits per heavy atom. The van der Waals surface area contributed by atoms with Crippen LogP contribution in [0.2, 0.25) is 0 Å². The summed E-state index contributed by atoms with van der Waals surface area (Å²) in [5.41, 5.74) is 0. The van der Waals surface area contributed by atoms with Gasteiger partial charge in [-0.2, -0.15) is 0 Å². The normalized spacial score (nSPS) is 19.3. The third-order valence-electron chi connectivity index (χ3n) is 4.26. The number of aliphatic imine (C=N–C) groups is 1. The molecule has 2 unspecified atom stereocenters. The standard InChI is InChI=1S/C16H25N3O3/c20-14(7-4-8-15(21)22)19-11-13(16-17-9-10-18-16)12-5-2-1-3-6-12/h9-14,20H,1-8H2,(H,17,18)(H,21,22)/b19-11-. The highest BCUT2D eigenvalue weighted by molar-refractivity contribution is 5.67. The number of nitrogens with zero attached hydrogens (tertiary/aromatic N) is 2. The Kier molecular flexibility index (Phi) is 6.58. The molecular weight excluding hydrogens is 282 g/mol. The number of aromatic amines is 1. The first kappa shape index (κ1) is 16.7. The first-order chi connectivity index (χ1) is 10.7. The summed E-state index contributed by atoms with van der Waals surface area (Å²) in [5, 5.41) is 18.5. The minimum atomic E-state index is -0.841. The average molecular weight is 307 g/mol. The van der Waals surface area contributed by atoms with Gasteiger partial charge in [-0.1, -0.05) is 19.3 Å². The molecule has 1 aliphatic rings. The van der Waals surface area contributed by atoms with Crippen molar-refractivity contribution in [1.29, 1.82) is 0 Å². The number of carboxylic acid groups (broad SMARTS) is 1. The molecule has 2 atom stereocenters. The van der Waals surface area contributed by atoms with E-state index in [1.165, 1.54) is 19.3 Å². The molecule has 122 valence electrons. The largest absolute Gasteiger partial charge is 0.481 e. The van der Waals surface area contributed by atoms with Crippen LogP contribution in [0.4, 0.5) is 0 Å². The van der Waals surface area contributed by atoms with Gasteiger partial charge in [0.05, 0.1) is 5.92 Å². The lowest BCUT2D eigenvalue weighted by atomic mass is 9.80. The maximum Gasteiger partial charge on any atom is 0.303 e. The van der Waals surface area contributed by atoms with E-state index in [1.807, 2.05) is 6.20 Å². The molecular formula is C16H25N3O3. The van der Waals surface area contributed by atoms with Crippen LogP contribution in [0.15, 0.2) is 17.4 Å². The van der Waals surface area contributed by atoms with Crippen molar-refractivity contribution in [1.82, 2.24) is 9.97 Å². The van der Waals surface area contributed by atoms with E-state index >= 15 is 0 Å². The number of hydrogen-bond donors (Lipinski definition) is 3. The maximum atomic E-state index is 10.5. The highest BCUT2D eigenvalue weighted by Gasteiger charge is 2.25. The number of aromatic nitrogens is 2. The van der Waals surface area contributed by atoms with Gasteiger partial charge < -0.3 is 15.2 Å². The molecule has 0 bridgehead atoms. The molecule has 0 radical (unpaired) electrons. The lowest BCUT2D eigenvalue weighted by Crippen LogP contribution is -2.19. The molecule has 1 saturated carbocycles. The number of aliphatic carboxylic acids is 1. The quantitative estimate of drug-likeness (QED) is 0.643. The first-order valence-corrected chi connectivity index (χ1v) is 8.09. The molecule has 3 N–H and O–H groups in total. The zero-order chi connectivity index (χ0) is 15.8. The Morgan fingerprint density at radius 1 is 1.45 bits per heavy atom. The molecule has 2 rings (SSSR count). The molecule has 1 aromatic heterocycles.